The Balaban J connectivity index is 2.03. The second-order valence-corrected chi connectivity index (χ2v) is 6.73. The molecule has 2 rings (SSSR count). The first-order chi connectivity index (χ1) is 8.13. The van der Waals surface area contributed by atoms with Crippen molar-refractivity contribution in [1.82, 2.24) is 4.72 Å². The number of sulfonamides is 1. The highest BCUT2D eigenvalue weighted by Crippen LogP contribution is 2.21. The quantitative estimate of drug-likeness (QED) is 0.821. The van der Waals surface area contributed by atoms with E-state index in [0.29, 0.717) is 22.9 Å². The van der Waals surface area contributed by atoms with Crippen LogP contribution in [-0.2, 0) is 21.3 Å². The van der Waals surface area contributed by atoms with Gasteiger partial charge < -0.3 is 10.5 Å². The fourth-order valence-electron chi connectivity index (χ4n) is 1.77. The van der Waals surface area contributed by atoms with Crippen molar-refractivity contribution in [1.29, 1.82) is 0 Å². The van der Waals surface area contributed by atoms with Gasteiger partial charge in [0.15, 0.2) is 0 Å². The summed E-state index contributed by atoms with van der Waals surface area (Å²) in [6.45, 7) is 2.04. The second-order valence-electron chi connectivity index (χ2n) is 3.99. The molecule has 1 atom stereocenters. The molecule has 0 aromatic carbocycles. The van der Waals surface area contributed by atoms with Crippen molar-refractivity contribution < 1.29 is 13.2 Å². The molecule has 0 spiro atoms. The van der Waals surface area contributed by atoms with Crippen molar-refractivity contribution in [2.24, 2.45) is 11.7 Å². The van der Waals surface area contributed by atoms with Crippen molar-refractivity contribution in [2.45, 2.75) is 17.9 Å². The molecule has 1 unspecified atom stereocenters. The number of hydrogen-bond donors (Lipinski definition) is 2. The Morgan fingerprint density at radius 3 is 3.06 bits per heavy atom. The van der Waals surface area contributed by atoms with Gasteiger partial charge in [-0.2, -0.15) is 0 Å². The zero-order chi connectivity index (χ0) is 12.3. The van der Waals surface area contributed by atoms with E-state index in [2.05, 4.69) is 4.72 Å². The van der Waals surface area contributed by atoms with Crippen LogP contribution in [0.1, 0.15) is 11.3 Å². The largest absolute Gasteiger partial charge is 0.381 e. The molecule has 1 aliphatic heterocycles. The molecule has 17 heavy (non-hydrogen) atoms. The topological polar surface area (TPSA) is 81.4 Å². The second kappa shape index (κ2) is 5.45. The van der Waals surface area contributed by atoms with Gasteiger partial charge in [-0.1, -0.05) is 0 Å². The number of nitrogens with two attached hydrogens (primary N) is 1. The Bertz CT molecular complexity index is 464. The number of rotatable bonds is 5. The van der Waals surface area contributed by atoms with Crippen LogP contribution in [0.2, 0.25) is 0 Å². The first kappa shape index (κ1) is 13.0. The lowest BCUT2D eigenvalue weighted by molar-refractivity contribution is 0.186. The van der Waals surface area contributed by atoms with Crippen molar-refractivity contribution in [3.63, 3.8) is 0 Å². The maximum atomic E-state index is 12.0. The molecule has 3 N–H and O–H groups in total. The fourth-order valence-corrected chi connectivity index (χ4v) is 4.22. The van der Waals surface area contributed by atoms with E-state index >= 15 is 0 Å². The van der Waals surface area contributed by atoms with E-state index in [1.54, 1.807) is 11.4 Å². The summed E-state index contributed by atoms with van der Waals surface area (Å²) >= 11 is 1.37. The van der Waals surface area contributed by atoms with Crippen LogP contribution in [0.25, 0.3) is 0 Å². The van der Waals surface area contributed by atoms with Crippen LogP contribution in [0.3, 0.4) is 0 Å². The van der Waals surface area contributed by atoms with Gasteiger partial charge in [-0.05, 0) is 23.8 Å². The minimum atomic E-state index is -3.42. The van der Waals surface area contributed by atoms with E-state index < -0.39 is 10.0 Å². The van der Waals surface area contributed by atoms with Crippen molar-refractivity contribution in [3.05, 3.63) is 16.3 Å². The lowest BCUT2D eigenvalue weighted by atomic mass is 10.1. The number of hydrogen-bond acceptors (Lipinski definition) is 5. The van der Waals surface area contributed by atoms with E-state index in [9.17, 15) is 8.42 Å². The molecule has 1 aromatic heterocycles. The van der Waals surface area contributed by atoms with E-state index in [-0.39, 0.29) is 12.5 Å². The maximum Gasteiger partial charge on any atom is 0.241 e. The molecule has 0 amide bonds. The third-order valence-electron chi connectivity index (χ3n) is 2.77. The average molecular weight is 276 g/mol. The van der Waals surface area contributed by atoms with Crippen LogP contribution in [0.5, 0.6) is 0 Å². The molecule has 96 valence electrons. The van der Waals surface area contributed by atoms with Gasteiger partial charge in [-0.25, -0.2) is 13.1 Å². The van der Waals surface area contributed by atoms with Crippen LogP contribution >= 0.6 is 11.3 Å². The smallest absolute Gasteiger partial charge is 0.241 e. The number of ether oxygens (including phenoxy) is 1. The van der Waals surface area contributed by atoms with Crippen LogP contribution in [0.4, 0.5) is 0 Å². The molecule has 1 saturated heterocycles. The Morgan fingerprint density at radius 1 is 1.59 bits per heavy atom. The highest BCUT2D eigenvalue weighted by molar-refractivity contribution is 7.89. The minimum Gasteiger partial charge on any atom is -0.381 e. The molecule has 1 fully saturated rings. The van der Waals surface area contributed by atoms with E-state index in [4.69, 9.17) is 10.5 Å². The summed E-state index contributed by atoms with van der Waals surface area (Å²) in [6.07, 6.45) is 0.913. The predicted molar refractivity (Wildman–Crippen MR) is 66.3 cm³/mol. The predicted octanol–water partition coefficient (Wildman–Crippen LogP) is 0.522. The molecule has 1 aromatic rings. The lowest BCUT2D eigenvalue weighted by Gasteiger charge is -2.10. The first-order valence-electron chi connectivity index (χ1n) is 5.47. The Kier molecular flexibility index (Phi) is 4.16. The third kappa shape index (κ3) is 3.05. The molecule has 5 nitrogen and oxygen atoms in total. The molecular formula is C10H16N2O3S2. The molecule has 1 aliphatic rings. The van der Waals surface area contributed by atoms with Crippen LogP contribution < -0.4 is 10.5 Å². The zero-order valence-electron chi connectivity index (χ0n) is 9.39. The standard InChI is InChI=1S/C10H16N2O3S2/c11-5-9-10(2-4-16-9)17(13,14)12-6-8-1-3-15-7-8/h2,4,8,12H,1,3,5-7,11H2. The van der Waals surface area contributed by atoms with Gasteiger partial charge in [0.1, 0.15) is 0 Å². The Labute approximate surface area is 105 Å². The van der Waals surface area contributed by atoms with Gasteiger partial charge in [0.25, 0.3) is 0 Å². The summed E-state index contributed by atoms with van der Waals surface area (Å²) in [6, 6.07) is 1.60. The fraction of sp³-hybridized carbons (Fsp3) is 0.600. The highest BCUT2D eigenvalue weighted by atomic mass is 32.2. The minimum absolute atomic E-state index is 0.250. The average Bonchev–Trinajstić information content (AvgIpc) is 2.97. The lowest BCUT2D eigenvalue weighted by Crippen LogP contribution is -2.30. The molecule has 0 radical (unpaired) electrons. The molecule has 2 heterocycles. The van der Waals surface area contributed by atoms with Crippen LogP contribution in [-0.4, -0.2) is 28.2 Å². The Morgan fingerprint density at radius 2 is 2.41 bits per heavy atom. The van der Waals surface area contributed by atoms with Crippen LogP contribution in [0.15, 0.2) is 16.3 Å². The molecule has 7 heteroatoms. The van der Waals surface area contributed by atoms with Gasteiger partial charge in [0.05, 0.1) is 11.5 Å². The summed E-state index contributed by atoms with van der Waals surface area (Å²) in [4.78, 5) is 1.00. The van der Waals surface area contributed by atoms with E-state index in [0.717, 1.165) is 13.0 Å². The molecular weight excluding hydrogens is 260 g/mol. The number of thiophene rings is 1. The van der Waals surface area contributed by atoms with Gasteiger partial charge >= 0.3 is 0 Å². The Hall–Kier alpha value is -0.470. The monoisotopic (exact) mass is 276 g/mol. The van der Waals surface area contributed by atoms with Crippen LogP contribution in [0, 0.1) is 5.92 Å². The highest BCUT2D eigenvalue weighted by Gasteiger charge is 2.22. The zero-order valence-corrected chi connectivity index (χ0v) is 11.0. The van der Waals surface area contributed by atoms with Gasteiger partial charge in [0, 0.05) is 24.6 Å². The summed E-state index contributed by atoms with van der Waals surface area (Å²) in [5, 5.41) is 1.75. The first-order valence-corrected chi connectivity index (χ1v) is 7.83. The van der Waals surface area contributed by atoms with E-state index in [1.807, 2.05) is 0 Å². The van der Waals surface area contributed by atoms with E-state index in [1.165, 1.54) is 11.3 Å². The maximum absolute atomic E-state index is 12.0. The molecule has 0 bridgehead atoms. The number of nitrogens with one attached hydrogen (secondary N) is 1. The van der Waals surface area contributed by atoms with Gasteiger partial charge in [-0.15, -0.1) is 11.3 Å². The summed E-state index contributed by atoms with van der Waals surface area (Å²) in [5.41, 5.74) is 5.51. The third-order valence-corrected chi connectivity index (χ3v) is 5.35. The summed E-state index contributed by atoms with van der Waals surface area (Å²) in [7, 11) is -3.42. The van der Waals surface area contributed by atoms with Crippen molar-refractivity contribution in [2.75, 3.05) is 19.8 Å². The summed E-state index contributed by atoms with van der Waals surface area (Å²) in [5.74, 6) is 0.282. The van der Waals surface area contributed by atoms with Gasteiger partial charge in [-0.3, -0.25) is 0 Å². The van der Waals surface area contributed by atoms with Gasteiger partial charge in [0.2, 0.25) is 10.0 Å². The normalized spacial score (nSPS) is 20.9. The molecule has 0 saturated carbocycles. The van der Waals surface area contributed by atoms with Crippen molar-refractivity contribution in [3.8, 4) is 0 Å². The summed E-state index contributed by atoms with van der Waals surface area (Å²) < 4.78 is 31.9. The molecule has 0 aliphatic carbocycles. The van der Waals surface area contributed by atoms with Crippen molar-refractivity contribution >= 4 is 21.4 Å². The SMILES string of the molecule is NCc1sccc1S(=O)(=O)NCC1CCOC1.